The van der Waals surface area contributed by atoms with Crippen molar-refractivity contribution in [3.05, 3.63) is 41.5 Å². The maximum Gasteiger partial charge on any atom is 0.297 e. The van der Waals surface area contributed by atoms with E-state index in [0.717, 1.165) is 11.1 Å². The zero-order valence-corrected chi connectivity index (χ0v) is 8.54. The third-order valence-corrected chi connectivity index (χ3v) is 3.64. The van der Waals surface area contributed by atoms with Crippen LogP contribution in [0, 0.1) is 0 Å². The molecule has 0 aromatic heterocycles. The Balaban J connectivity index is 2.54. The van der Waals surface area contributed by atoms with Gasteiger partial charge in [-0.05, 0) is 17.5 Å². The van der Waals surface area contributed by atoms with Crippen molar-refractivity contribution in [1.82, 2.24) is 0 Å². The molecule has 14 heavy (non-hydrogen) atoms. The predicted molar refractivity (Wildman–Crippen MR) is 54.1 cm³/mol. The van der Waals surface area contributed by atoms with E-state index in [1.165, 1.54) is 7.11 Å². The van der Waals surface area contributed by atoms with Crippen LogP contribution >= 0.6 is 0 Å². The first-order chi connectivity index (χ1) is 6.65. The quantitative estimate of drug-likeness (QED) is 0.696. The fraction of sp³-hybridized carbons (Fsp3) is 0.200. The Labute approximate surface area is 83.1 Å². The molecule has 0 radical (unpaired) electrons. The van der Waals surface area contributed by atoms with Crippen molar-refractivity contribution in [1.29, 1.82) is 0 Å². The molecule has 0 heterocycles. The normalized spacial score (nSPS) is 15.1. The highest BCUT2D eigenvalue weighted by Crippen LogP contribution is 2.31. The number of benzene rings is 1. The summed E-state index contributed by atoms with van der Waals surface area (Å²) < 4.78 is 27.4. The summed E-state index contributed by atoms with van der Waals surface area (Å²) in [6.45, 7) is 0. The van der Waals surface area contributed by atoms with Gasteiger partial charge in [-0.25, -0.2) is 0 Å². The average Bonchev–Trinajstić information content (AvgIpc) is 2.61. The minimum absolute atomic E-state index is 0.288. The first-order valence-corrected chi connectivity index (χ1v) is 5.65. The highest BCUT2D eigenvalue weighted by Gasteiger charge is 2.24. The van der Waals surface area contributed by atoms with Crippen LogP contribution in [0.3, 0.4) is 0 Å². The standard InChI is InChI=1S/C10H10O3S/c1-13-14(11,12)10-7-6-8-4-2-3-5-9(8)10/h2-5,7H,6H2,1H3. The monoisotopic (exact) mass is 210 g/mol. The lowest BCUT2D eigenvalue weighted by Gasteiger charge is -2.04. The summed E-state index contributed by atoms with van der Waals surface area (Å²) in [6, 6.07) is 7.44. The van der Waals surface area contributed by atoms with Gasteiger partial charge in [-0.2, -0.15) is 8.42 Å². The summed E-state index contributed by atoms with van der Waals surface area (Å²) in [5.41, 5.74) is 1.79. The summed E-state index contributed by atoms with van der Waals surface area (Å²) in [7, 11) is -2.37. The number of fused-ring (bicyclic) bond motifs is 1. The molecule has 0 saturated carbocycles. The second-order valence-electron chi connectivity index (χ2n) is 3.05. The van der Waals surface area contributed by atoms with Crippen LogP contribution in [0.2, 0.25) is 0 Å². The second-order valence-corrected chi connectivity index (χ2v) is 4.73. The van der Waals surface area contributed by atoms with Crippen LogP contribution in [0.1, 0.15) is 11.1 Å². The molecule has 1 aliphatic rings. The minimum atomic E-state index is -3.55. The SMILES string of the molecule is COS(=O)(=O)C1=CCc2ccccc21. The Morgan fingerprint density at radius 2 is 2.00 bits per heavy atom. The highest BCUT2D eigenvalue weighted by molar-refractivity contribution is 7.96. The van der Waals surface area contributed by atoms with Gasteiger partial charge in [0, 0.05) is 0 Å². The topological polar surface area (TPSA) is 43.4 Å². The molecule has 3 nitrogen and oxygen atoms in total. The molecule has 0 spiro atoms. The maximum absolute atomic E-state index is 11.5. The lowest BCUT2D eigenvalue weighted by molar-refractivity contribution is 0.408. The van der Waals surface area contributed by atoms with Gasteiger partial charge >= 0.3 is 0 Å². The van der Waals surface area contributed by atoms with Gasteiger partial charge < -0.3 is 0 Å². The van der Waals surface area contributed by atoms with E-state index in [1.54, 1.807) is 12.1 Å². The van der Waals surface area contributed by atoms with Crippen molar-refractivity contribution in [2.45, 2.75) is 6.42 Å². The van der Waals surface area contributed by atoms with E-state index in [9.17, 15) is 8.42 Å². The smallest absolute Gasteiger partial charge is 0.270 e. The molecule has 4 heteroatoms. The van der Waals surface area contributed by atoms with Gasteiger partial charge in [0.2, 0.25) is 0 Å². The van der Waals surface area contributed by atoms with Gasteiger partial charge in [0.1, 0.15) is 0 Å². The maximum atomic E-state index is 11.5. The largest absolute Gasteiger partial charge is 0.297 e. The molecule has 1 aromatic carbocycles. The predicted octanol–water partition coefficient (Wildman–Crippen LogP) is 1.56. The summed E-state index contributed by atoms with van der Waals surface area (Å²) >= 11 is 0. The molecule has 0 saturated heterocycles. The van der Waals surface area contributed by atoms with Gasteiger partial charge in [-0.15, -0.1) is 0 Å². The summed E-state index contributed by atoms with van der Waals surface area (Å²) in [5, 5.41) is 0. The van der Waals surface area contributed by atoms with Gasteiger partial charge in [0.15, 0.2) is 0 Å². The Hall–Kier alpha value is -1.13. The fourth-order valence-electron chi connectivity index (χ4n) is 1.58. The van der Waals surface area contributed by atoms with E-state index in [2.05, 4.69) is 4.18 Å². The van der Waals surface area contributed by atoms with E-state index in [1.807, 2.05) is 18.2 Å². The molecule has 74 valence electrons. The summed E-state index contributed by atoms with van der Waals surface area (Å²) in [6.07, 6.45) is 2.34. The zero-order chi connectivity index (χ0) is 10.2. The van der Waals surface area contributed by atoms with Crippen LogP contribution in [0.5, 0.6) is 0 Å². The molecular formula is C10H10O3S. The first kappa shape index (κ1) is 9.43. The van der Waals surface area contributed by atoms with Gasteiger partial charge in [-0.3, -0.25) is 4.18 Å². The number of allylic oxidation sites excluding steroid dienone is 1. The average molecular weight is 210 g/mol. The Morgan fingerprint density at radius 1 is 1.29 bits per heavy atom. The molecule has 0 N–H and O–H groups in total. The Morgan fingerprint density at radius 3 is 2.71 bits per heavy atom. The molecule has 0 amide bonds. The summed E-state index contributed by atoms with van der Waals surface area (Å²) in [4.78, 5) is 0.288. The third-order valence-electron chi connectivity index (χ3n) is 2.28. The van der Waals surface area contributed by atoms with Gasteiger partial charge in [0.25, 0.3) is 10.1 Å². The summed E-state index contributed by atoms with van der Waals surface area (Å²) in [5.74, 6) is 0. The first-order valence-electron chi connectivity index (χ1n) is 4.24. The van der Waals surface area contributed by atoms with Crippen LogP contribution in [-0.2, 0) is 20.7 Å². The van der Waals surface area contributed by atoms with E-state index in [4.69, 9.17) is 0 Å². The van der Waals surface area contributed by atoms with E-state index in [0.29, 0.717) is 6.42 Å². The molecule has 1 aliphatic carbocycles. The van der Waals surface area contributed by atoms with Crippen molar-refractivity contribution >= 4 is 15.0 Å². The molecule has 0 bridgehead atoms. The highest BCUT2D eigenvalue weighted by atomic mass is 32.2. The lowest BCUT2D eigenvalue weighted by atomic mass is 10.1. The molecule has 0 aliphatic heterocycles. The molecule has 2 rings (SSSR count). The van der Waals surface area contributed by atoms with Crippen LogP contribution in [0.4, 0.5) is 0 Å². The number of hydrogen-bond acceptors (Lipinski definition) is 3. The van der Waals surface area contributed by atoms with Crippen molar-refractivity contribution in [2.75, 3.05) is 7.11 Å². The lowest BCUT2D eigenvalue weighted by Crippen LogP contribution is -2.03. The van der Waals surface area contributed by atoms with Crippen molar-refractivity contribution in [3.8, 4) is 0 Å². The molecule has 0 atom stereocenters. The van der Waals surface area contributed by atoms with Crippen LogP contribution in [0.15, 0.2) is 30.3 Å². The van der Waals surface area contributed by atoms with Crippen molar-refractivity contribution < 1.29 is 12.6 Å². The molecule has 1 aromatic rings. The number of hydrogen-bond donors (Lipinski definition) is 0. The van der Waals surface area contributed by atoms with Gasteiger partial charge in [0.05, 0.1) is 12.0 Å². The second kappa shape index (κ2) is 3.22. The van der Waals surface area contributed by atoms with E-state index >= 15 is 0 Å². The Kier molecular flexibility index (Phi) is 2.17. The van der Waals surface area contributed by atoms with Crippen molar-refractivity contribution in [3.63, 3.8) is 0 Å². The van der Waals surface area contributed by atoms with Crippen LogP contribution in [-0.4, -0.2) is 15.5 Å². The van der Waals surface area contributed by atoms with Crippen molar-refractivity contribution in [2.24, 2.45) is 0 Å². The minimum Gasteiger partial charge on any atom is -0.270 e. The van der Waals surface area contributed by atoms with E-state index < -0.39 is 10.1 Å². The van der Waals surface area contributed by atoms with Gasteiger partial charge in [-0.1, -0.05) is 30.3 Å². The number of rotatable bonds is 2. The fourth-order valence-corrected chi connectivity index (χ4v) is 2.51. The van der Waals surface area contributed by atoms with E-state index in [-0.39, 0.29) is 4.91 Å². The Bertz CT molecular complexity index is 486. The zero-order valence-electron chi connectivity index (χ0n) is 7.73. The molecule has 0 fully saturated rings. The molecular weight excluding hydrogens is 200 g/mol. The van der Waals surface area contributed by atoms with Crippen LogP contribution < -0.4 is 0 Å². The van der Waals surface area contributed by atoms with Crippen LogP contribution in [0.25, 0.3) is 4.91 Å². The molecule has 0 unspecified atom stereocenters. The third kappa shape index (κ3) is 1.36.